The van der Waals surface area contributed by atoms with Crippen molar-refractivity contribution in [3.05, 3.63) is 101 Å². The van der Waals surface area contributed by atoms with Crippen LogP contribution in [0.5, 0.6) is 5.75 Å². The summed E-state index contributed by atoms with van der Waals surface area (Å²) in [6.07, 6.45) is 1.13. The molecule has 2 N–H and O–H groups in total. The highest BCUT2D eigenvalue weighted by atomic mass is 19.1. The third kappa shape index (κ3) is 5.88. The molecule has 7 nitrogen and oxygen atoms in total. The van der Waals surface area contributed by atoms with E-state index in [0.717, 1.165) is 29.8 Å². The van der Waals surface area contributed by atoms with Gasteiger partial charge in [-0.25, -0.2) is 9.18 Å². The first kappa shape index (κ1) is 27.8. The summed E-state index contributed by atoms with van der Waals surface area (Å²) < 4.78 is 13.8. The molecule has 8 heteroatoms. The average molecular weight is 546 g/mol. The third-order valence-electron chi connectivity index (χ3n) is 8.20. The molecule has 5 rings (SSSR count). The first-order valence-corrected chi connectivity index (χ1v) is 13.9. The number of carboxylic acid groups (broad SMARTS) is 1. The Morgan fingerprint density at radius 1 is 0.950 bits per heavy atom. The lowest BCUT2D eigenvalue weighted by Gasteiger charge is -2.47. The molecule has 0 spiro atoms. The van der Waals surface area contributed by atoms with Crippen LogP contribution >= 0.6 is 0 Å². The number of phenols is 1. The van der Waals surface area contributed by atoms with Crippen molar-refractivity contribution in [2.75, 3.05) is 19.6 Å². The molecule has 3 aromatic rings. The number of halogens is 1. The number of piperazine rings is 1. The minimum Gasteiger partial charge on any atom is -0.508 e. The van der Waals surface area contributed by atoms with E-state index in [1.54, 1.807) is 30.3 Å². The number of aromatic hydroxyl groups is 1. The predicted molar refractivity (Wildman–Crippen MR) is 151 cm³/mol. The van der Waals surface area contributed by atoms with E-state index >= 15 is 0 Å². The van der Waals surface area contributed by atoms with Crippen molar-refractivity contribution in [1.82, 2.24) is 14.7 Å². The monoisotopic (exact) mass is 545 g/mol. The largest absolute Gasteiger partial charge is 0.508 e. The number of amides is 1. The molecule has 0 aliphatic carbocycles. The first-order chi connectivity index (χ1) is 19.2. The molecule has 2 aliphatic heterocycles. The molecule has 2 aliphatic rings. The molecule has 2 fully saturated rings. The minimum atomic E-state index is -0.974. The maximum absolute atomic E-state index is 13.8. The van der Waals surface area contributed by atoms with Crippen molar-refractivity contribution in [2.24, 2.45) is 0 Å². The summed E-state index contributed by atoms with van der Waals surface area (Å²) in [7, 11) is 0. The lowest BCUT2D eigenvalue weighted by Crippen LogP contribution is -2.56. The van der Waals surface area contributed by atoms with Crippen LogP contribution in [0.3, 0.4) is 0 Å². The summed E-state index contributed by atoms with van der Waals surface area (Å²) in [6, 6.07) is 20.6. The Morgan fingerprint density at radius 2 is 1.68 bits per heavy atom. The molecule has 210 valence electrons. The van der Waals surface area contributed by atoms with Crippen LogP contribution in [0.4, 0.5) is 4.39 Å². The van der Waals surface area contributed by atoms with E-state index in [1.807, 2.05) is 36.4 Å². The zero-order valence-corrected chi connectivity index (χ0v) is 22.9. The summed E-state index contributed by atoms with van der Waals surface area (Å²) in [5.74, 6) is -1.32. The maximum Gasteiger partial charge on any atom is 0.326 e. The fraction of sp³-hybridized carbons (Fsp3) is 0.375. The number of carboxylic acids is 1. The van der Waals surface area contributed by atoms with Gasteiger partial charge in [-0.05, 0) is 79.8 Å². The predicted octanol–water partition coefficient (Wildman–Crippen LogP) is 4.90. The number of phenolic OH excluding ortho intramolecular Hbond substituents is 1. The number of rotatable bonds is 7. The Labute approximate surface area is 234 Å². The van der Waals surface area contributed by atoms with Gasteiger partial charge in [0.2, 0.25) is 0 Å². The highest BCUT2D eigenvalue weighted by Gasteiger charge is 2.37. The molecule has 2 saturated heterocycles. The van der Waals surface area contributed by atoms with Crippen molar-refractivity contribution in [2.45, 2.75) is 57.4 Å². The molecule has 2 unspecified atom stereocenters. The smallest absolute Gasteiger partial charge is 0.326 e. The maximum atomic E-state index is 13.8. The van der Waals surface area contributed by atoms with Crippen molar-refractivity contribution in [3.8, 4) is 5.75 Å². The van der Waals surface area contributed by atoms with Gasteiger partial charge in [-0.1, -0.05) is 36.4 Å². The number of aliphatic carboxylic acids is 1. The highest BCUT2D eigenvalue weighted by Crippen LogP contribution is 2.35. The van der Waals surface area contributed by atoms with E-state index in [4.69, 9.17) is 0 Å². The molecule has 4 atom stereocenters. The summed E-state index contributed by atoms with van der Waals surface area (Å²) in [5, 5.41) is 19.9. The second-order valence-corrected chi connectivity index (χ2v) is 11.1. The van der Waals surface area contributed by atoms with Gasteiger partial charge in [-0.2, -0.15) is 0 Å². The van der Waals surface area contributed by atoms with E-state index in [2.05, 4.69) is 23.6 Å². The number of hydrogen-bond acceptors (Lipinski definition) is 5. The minimum absolute atomic E-state index is 0.117. The SMILES string of the molecule is C[C@@H]1CN(C(c2cccc(O)c2)c2cccc(C(=O)N3CCCC3C(=O)O)c2)[C@H](C)CN1Cc1cccc(F)c1. The lowest BCUT2D eigenvalue weighted by atomic mass is 9.92. The normalized spacial score (nSPS) is 22.8. The summed E-state index contributed by atoms with van der Waals surface area (Å²) in [6.45, 7) is 6.90. The number of carbonyl (C=O) groups is 2. The topological polar surface area (TPSA) is 84.3 Å². The second-order valence-electron chi connectivity index (χ2n) is 11.1. The summed E-state index contributed by atoms with van der Waals surface area (Å²) in [4.78, 5) is 31.4. The standard InChI is InChI=1S/C32H36FN3O4/c1-21-19-36(22(2)18-34(21)20-23-7-3-11-27(33)15-23)30(25-9-5-12-28(37)17-25)24-8-4-10-26(16-24)31(38)35-14-6-13-29(35)32(39)40/h3-5,7-12,15-17,21-22,29-30,37H,6,13-14,18-20H2,1-2H3,(H,39,40)/t21-,22-,29?,30?/m1/s1. The summed E-state index contributed by atoms with van der Waals surface area (Å²) >= 11 is 0. The zero-order valence-electron chi connectivity index (χ0n) is 22.9. The number of hydrogen-bond donors (Lipinski definition) is 2. The quantitative estimate of drug-likeness (QED) is 0.439. The van der Waals surface area contributed by atoms with E-state index < -0.39 is 12.0 Å². The molecule has 0 bridgehead atoms. The van der Waals surface area contributed by atoms with E-state index in [1.165, 1.54) is 11.0 Å². The Hall–Kier alpha value is -3.75. The van der Waals surface area contributed by atoms with Gasteiger partial charge >= 0.3 is 5.97 Å². The van der Waals surface area contributed by atoms with Gasteiger partial charge < -0.3 is 15.1 Å². The van der Waals surface area contributed by atoms with Crippen LogP contribution in [-0.2, 0) is 11.3 Å². The second kappa shape index (κ2) is 11.8. The van der Waals surface area contributed by atoms with Crippen molar-refractivity contribution < 1.29 is 24.2 Å². The van der Waals surface area contributed by atoms with Gasteiger partial charge in [0.1, 0.15) is 17.6 Å². The molecule has 3 aromatic carbocycles. The fourth-order valence-electron chi connectivity index (χ4n) is 6.22. The van der Waals surface area contributed by atoms with Gasteiger partial charge in [0, 0.05) is 43.8 Å². The Morgan fingerprint density at radius 3 is 2.40 bits per heavy atom. The molecule has 2 heterocycles. The van der Waals surface area contributed by atoms with Crippen LogP contribution in [-0.4, -0.2) is 74.5 Å². The molecule has 1 amide bonds. The van der Waals surface area contributed by atoms with E-state index in [-0.39, 0.29) is 35.6 Å². The lowest BCUT2D eigenvalue weighted by molar-refractivity contribution is -0.141. The third-order valence-corrected chi connectivity index (χ3v) is 8.20. The summed E-state index contributed by atoms with van der Waals surface area (Å²) in [5.41, 5.74) is 3.21. The zero-order chi connectivity index (χ0) is 28.4. The van der Waals surface area contributed by atoms with Crippen LogP contribution in [0.25, 0.3) is 0 Å². The molecule has 0 aromatic heterocycles. The highest BCUT2D eigenvalue weighted by molar-refractivity contribution is 5.97. The van der Waals surface area contributed by atoms with Gasteiger partial charge in [0.15, 0.2) is 0 Å². The van der Waals surface area contributed by atoms with Crippen molar-refractivity contribution in [1.29, 1.82) is 0 Å². The van der Waals surface area contributed by atoms with E-state index in [9.17, 15) is 24.2 Å². The molecule has 0 saturated carbocycles. The molecule has 0 radical (unpaired) electrons. The number of likely N-dealkylation sites (tertiary alicyclic amines) is 1. The van der Waals surface area contributed by atoms with Crippen LogP contribution in [0.2, 0.25) is 0 Å². The van der Waals surface area contributed by atoms with Gasteiger partial charge in [0.25, 0.3) is 5.91 Å². The van der Waals surface area contributed by atoms with Crippen LogP contribution in [0.15, 0.2) is 72.8 Å². The van der Waals surface area contributed by atoms with Gasteiger partial charge in [0.05, 0.1) is 6.04 Å². The molecular weight excluding hydrogens is 509 g/mol. The van der Waals surface area contributed by atoms with Crippen LogP contribution in [0, 0.1) is 5.82 Å². The van der Waals surface area contributed by atoms with E-state index in [0.29, 0.717) is 31.5 Å². The average Bonchev–Trinajstić information content (AvgIpc) is 3.42. The molecular formula is C32H36FN3O4. The van der Waals surface area contributed by atoms with Crippen LogP contribution in [0.1, 0.15) is 59.8 Å². The number of benzene rings is 3. The first-order valence-electron chi connectivity index (χ1n) is 13.9. The molecule has 40 heavy (non-hydrogen) atoms. The Bertz CT molecular complexity index is 1380. The van der Waals surface area contributed by atoms with Gasteiger partial charge in [-0.3, -0.25) is 14.6 Å². The van der Waals surface area contributed by atoms with Crippen molar-refractivity contribution >= 4 is 11.9 Å². The number of nitrogens with zero attached hydrogens (tertiary/aromatic N) is 3. The van der Waals surface area contributed by atoms with Crippen LogP contribution < -0.4 is 0 Å². The Kier molecular flexibility index (Phi) is 8.19. The Balaban J connectivity index is 1.45. The fourth-order valence-corrected chi connectivity index (χ4v) is 6.22. The van der Waals surface area contributed by atoms with Crippen molar-refractivity contribution in [3.63, 3.8) is 0 Å². The number of carbonyl (C=O) groups excluding carboxylic acids is 1. The van der Waals surface area contributed by atoms with Gasteiger partial charge in [-0.15, -0.1) is 0 Å².